The molecule has 0 bridgehead atoms. The maximum Gasteiger partial charge on any atom is 0.282 e. The molecule has 1 aliphatic rings. The van der Waals surface area contributed by atoms with E-state index in [1.165, 1.54) is 18.3 Å². The standard InChI is InChI=1S/C17H15N3O5/c1-11-2-4-12(5-3-11)6-17(21)19-18-9-13-7-15-16(25-10-24-15)8-14(13)20(22)23/h2-5,7-9H,6,10H2,1H3,(H,19,21)/b18-9-. The third-order valence-corrected chi connectivity index (χ3v) is 3.60. The van der Waals surface area contributed by atoms with Crippen molar-refractivity contribution < 1.29 is 19.2 Å². The third-order valence-electron chi connectivity index (χ3n) is 3.60. The lowest BCUT2D eigenvalue weighted by Gasteiger charge is -2.02. The molecule has 0 aliphatic carbocycles. The number of ether oxygens (including phenoxy) is 2. The van der Waals surface area contributed by atoms with E-state index in [2.05, 4.69) is 10.5 Å². The summed E-state index contributed by atoms with van der Waals surface area (Å²) in [6.45, 7) is 1.98. The summed E-state index contributed by atoms with van der Waals surface area (Å²) in [6, 6.07) is 10.3. The van der Waals surface area contributed by atoms with E-state index >= 15 is 0 Å². The molecule has 2 aromatic carbocycles. The average molecular weight is 341 g/mol. The van der Waals surface area contributed by atoms with Gasteiger partial charge >= 0.3 is 0 Å². The molecule has 8 heteroatoms. The Hall–Kier alpha value is -3.42. The Morgan fingerprint density at radius 1 is 1.28 bits per heavy atom. The molecule has 0 saturated heterocycles. The smallest absolute Gasteiger partial charge is 0.282 e. The molecule has 1 heterocycles. The number of hydrogen-bond donors (Lipinski definition) is 1. The minimum atomic E-state index is -0.544. The minimum Gasteiger partial charge on any atom is -0.454 e. The van der Waals surface area contributed by atoms with Crippen molar-refractivity contribution in [3.8, 4) is 11.5 Å². The largest absolute Gasteiger partial charge is 0.454 e. The monoisotopic (exact) mass is 341 g/mol. The van der Waals surface area contributed by atoms with Crippen LogP contribution in [0.25, 0.3) is 0 Å². The maximum absolute atomic E-state index is 11.9. The van der Waals surface area contributed by atoms with Crippen LogP contribution in [0.15, 0.2) is 41.5 Å². The number of carbonyl (C=O) groups is 1. The fraction of sp³-hybridized carbons (Fsp3) is 0.176. The van der Waals surface area contributed by atoms with Crippen LogP contribution in [0.5, 0.6) is 11.5 Å². The van der Waals surface area contributed by atoms with Crippen LogP contribution in [0, 0.1) is 17.0 Å². The SMILES string of the molecule is Cc1ccc(CC(=O)N/N=C\c2cc3c(cc2[N+](=O)[O-])OCO3)cc1. The molecule has 1 aliphatic heterocycles. The van der Waals surface area contributed by atoms with Crippen LogP contribution in [-0.2, 0) is 11.2 Å². The second-order valence-electron chi connectivity index (χ2n) is 5.48. The van der Waals surface area contributed by atoms with E-state index in [4.69, 9.17) is 9.47 Å². The highest BCUT2D eigenvalue weighted by molar-refractivity contribution is 5.88. The van der Waals surface area contributed by atoms with Crippen LogP contribution in [0.1, 0.15) is 16.7 Å². The first-order chi connectivity index (χ1) is 12.0. The van der Waals surface area contributed by atoms with Crippen molar-refractivity contribution in [2.24, 2.45) is 5.10 Å². The van der Waals surface area contributed by atoms with Crippen LogP contribution >= 0.6 is 0 Å². The van der Waals surface area contributed by atoms with Gasteiger partial charge in [0, 0.05) is 0 Å². The summed E-state index contributed by atoms with van der Waals surface area (Å²) >= 11 is 0. The number of aryl methyl sites for hydroxylation is 1. The Morgan fingerprint density at radius 2 is 1.96 bits per heavy atom. The number of nitro groups is 1. The Kier molecular flexibility index (Phi) is 4.60. The Labute approximate surface area is 143 Å². The number of nitrogens with zero attached hydrogens (tertiary/aromatic N) is 2. The molecule has 8 nitrogen and oxygen atoms in total. The van der Waals surface area contributed by atoms with Gasteiger partial charge in [-0.05, 0) is 18.6 Å². The fourth-order valence-electron chi connectivity index (χ4n) is 2.31. The lowest BCUT2D eigenvalue weighted by molar-refractivity contribution is -0.385. The number of fused-ring (bicyclic) bond motifs is 1. The number of nitro benzene ring substituents is 1. The van der Waals surface area contributed by atoms with Crippen LogP contribution in [-0.4, -0.2) is 23.8 Å². The number of carbonyl (C=O) groups excluding carboxylic acids is 1. The lowest BCUT2D eigenvalue weighted by atomic mass is 10.1. The van der Waals surface area contributed by atoms with Gasteiger partial charge in [0.25, 0.3) is 5.69 Å². The minimum absolute atomic E-state index is 0.0143. The zero-order valence-corrected chi connectivity index (χ0v) is 13.4. The van der Waals surface area contributed by atoms with Gasteiger partial charge in [0.1, 0.15) is 0 Å². The summed E-state index contributed by atoms with van der Waals surface area (Å²) in [5.74, 6) is 0.397. The van der Waals surface area contributed by atoms with E-state index in [1.807, 2.05) is 31.2 Å². The van der Waals surface area contributed by atoms with Crippen LogP contribution in [0.4, 0.5) is 5.69 Å². The first-order valence-corrected chi connectivity index (χ1v) is 7.48. The molecule has 0 fully saturated rings. The predicted octanol–water partition coefficient (Wildman–Crippen LogP) is 2.32. The van der Waals surface area contributed by atoms with Crippen molar-refractivity contribution in [3.05, 3.63) is 63.2 Å². The van der Waals surface area contributed by atoms with Gasteiger partial charge in [-0.15, -0.1) is 0 Å². The molecule has 0 atom stereocenters. The summed E-state index contributed by atoms with van der Waals surface area (Å²) in [6.07, 6.45) is 1.38. The van der Waals surface area contributed by atoms with Gasteiger partial charge in [-0.1, -0.05) is 29.8 Å². The van der Waals surface area contributed by atoms with E-state index < -0.39 is 4.92 Å². The zero-order valence-electron chi connectivity index (χ0n) is 13.4. The van der Waals surface area contributed by atoms with Crippen molar-refractivity contribution in [1.29, 1.82) is 0 Å². The van der Waals surface area contributed by atoms with Gasteiger partial charge in [-0.2, -0.15) is 5.10 Å². The van der Waals surface area contributed by atoms with Crippen molar-refractivity contribution in [1.82, 2.24) is 5.43 Å². The van der Waals surface area contributed by atoms with Crippen LogP contribution in [0.3, 0.4) is 0 Å². The zero-order chi connectivity index (χ0) is 17.8. The predicted molar refractivity (Wildman–Crippen MR) is 89.8 cm³/mol. The molecule has 0 unspecified atom stereocenters. The van der Waals surface area contributed by atoms with E-state index in [-0.39, 0.29) is 30.4 Å². The summed E-state index contributed by atoms with van der Waals surface area (Å²) in [5.41, 5.74) is 4.36. The molecule has 128 valence electrons. The van der Waals surface area contributed by atoms with Gasteiger partial charge in [0.2, 0.25) is 12.7 Å². The molecule has 1 N–H and O–H groups in total. The molecule has 25 heavy (non-hydrogen) atoms. The topological polar surface area (TPSA) is 103 Å². The van der Waals surface area contributed by atoms with E-state index in [1.54, 1.807) is 0 Å². The summed E-state index contributed by atoms with van der Waals surface area (Å²) < 4.78 is 10.3. The van der Waals surface area contributed by atoms with Crippen molar-refractivity contribution in [2.45, 2.75) is 13.3 Å². The number of benzene rings is 2. The molecule has 2 aromatic rings. The second-order valence-corrected chi connectivity index (χ2v) is 5.48. The normalized spacial score (nSPS) is 12.4. The van der Waals surface area contributed by atoms with Crippen LogP contribution < -0.4 is 14.9 Å². The van der Waals surface area contributed by atoms with Gasteiger partial charge in [0.05, 0.1) is 29.2 Å². The fourth-order valence-corrected chi connectivity index (χ4v) is 2.31. The Balaban J connectivity index is 1.68. The maximum atomic E-state index is 11.9. The molecule has 0 aromatic heterocycles. The third kappa shape index (κ3) is 3.92. The molecular formula is C17H15N3O5. The summed E-state index contributed by atoms with van der Waals surface area (Å²) in [7, 11) is 0. The van der Waals surface area contributed by atoms with E-state index in [9.17, 15) is 14.9 Å². The van der Waals surface area contributed by atoms with E-state index in [0.717, 1.165) is 11.1 Å². The van der Waals surface area contributed by atoms with E-state index in [0.29, 0.717) is 11.5 Å². The van der Waals surface area contributed by atoms with Crippen molar-refractivity contribution in [2.75, 3.05) is 6.79 Å². The molecule has 1 amide bonds. The first-order valence-electron chi connectivity index (χ1n) is 7.48. The highest BCUT2D eigenvalue weighted by atomic mass is 16.7. The van der Waals surface area contributed by atoms with Gasteiger partial charge in [-0.25, -0.2) is 5.43 Å². The van der Waals surface area contributed by atoms with Gasteiger partial charge in [-0.3, -0.25) is 14.9 Å². The van der Waals surface area contributed by atoms with Crippen LogP contribution in [0.2, 0.25) is 0 Å². The van der Waals surface area contributed by atoms with Gasteiger partial charge < -0.3 is 9.47 Å². The second kappa shape index (κ2) is 7.00. The number of hydrogen-bond acceptors (Lipinski definition) is 6. The highest BCUT2D eigenvalue weighted by Crippen LogP contribution is 2.37. The lowest BCUT2D eigenvalue weighted by Crippen LogP contribution is -2.19. The molecule has 0 saturated carbocycles. The Bertz CT molecular complexity index is 846. The molecule has 0 radical (unpaired) electrons. The first kappa shape index (κ1) is 16.4. The molecule has 3 rings (SSSR count). The van der Waals surface area contributed by atoms with Crippen molar-refractivity contribution in [3.63, 3.8) is 0 Å². The number of amides is 1. The highest BCUT2D eigenvalue weighted by Gasteiger charge is 2.22. The molecule has 0 spiro atoms. The molecular weight excluding hydrogens is 326 g/mol. The Morgan fingerprint density at radius 3 is 2.64 bits per heavy atom. The van der Waals surface area contributed by atoms with Gasteiger partial charge in [0.15, 0.2) is 11.5 Å². The summed E-state index contributed by atoms with van der Waals surface area (Å²) in [5, 5.41) is 14.9. The summed E-state index contributed by atoms with van der Waals surface area (Å²) in [4.78, 5) is 22.5. The average Bonchev–Trinajstić information content (AvgIpc) is 3.03. The quantitative estimate of drug-likeness (QED) is 0.511. The number of hydrazone groups is 1. The number of nitrogens with one attached hydrogen (secondary N) is 1. The van der Waals surface area contributed by atoms with Crippen molar-refractivity contribution >= 4 is 17.8 Å². The number of rotatable bonds is 5.